The van der Waals surface area contributed by atoms with E-state index in [9.17, 15) is 4.79 Å². The highest BCUT2D eigenvalue weighted by atomic mass is 16.6. The summed E-state index contributed by atoms with van der Waals surface area (Å²) >= 11 is 0. The van der Waals surface area contributed by atoms with Crippen LogP contribution >= 0.6 is 0 Å². The molecule has 0 fully saturated rings. The van der Waals surface area contributed by atoms with Gasteiger partial charge in [0.05, 0.1) is 19.1 Å². The molecule has 0 spiro atoms. The first-order valence-corrected chi connectivity index (χ1v) is 5.67. The van der Waals surface area contributed by atoms with Crippen LogP contribution in [0.25, 0.3) is 0 Å². The molecule has 5 nitrogen and oxygen atoms in total. The first-order valence-electron chi connectivity index (χ1n) is 5.67. The molecule has 0 amide bonds. The SMILES string of the molecule is COC(C=N[C@H](C)CC(=O)OC(C)(C)C)CO. The summed E-state index contributed by atoms with van der Waals surface area (Å²) in [6.07, 6.45) is 1.31. The van der Waals surface area contributed by atoms with Crippen LogP contribution in [0.3, 0.4) is 0 Å². The van der Waals surface area contributed by atoms with E-state index in [1.54, 1.807) is 0 Å². The average molecular weight is 245 g/mol. The lowest BCUT2D eigenvalue weighted by molar-refractivity contribution is -0.155. The Kier molecular flexibility index (Phi) is 6.99. The number of esters is 1. The maximum absolute atomic E-state index is 11.5. The maximum Gasteiger partial charge on any atom is 0.308 e. The van der Waals surface area contributed by atoms with E-state index in [0.29, 0.717) is 0 Å². The van der Waals surface area contributed by atoms with Crippen LogP contribution in [0.15, 0.2) is 4.99 Å². The topological polar surface area (TPSA) is 68.1 Å². The Bertz CT molecular complexity index is 254. The van der Waals surface area contributed by atoms with Gasteiger partial charge in [-0.2, -0.15) is 0 Å². The summed E-state index contributed by atoms with van der Waals surface area (Å²) < 4.78 is 10.1. The molecule has 0 bridgehead atoms. The number of aliphatic hydroxyl groups is 1. The molecule has 1 N–H and O–H groups in total. The average Bonchev–Trinajstić information content (AvgIpc) is 2.16. The molecule has 0 aliphatic rings. The maximum atomic E-state index is 11.5. The Hall–Kier alpha value is -0.940. The van der Waals surface area contributed by atoms with Gasteiger partial charge in [-0.3, -0.25) is 9.79 Å². The standard InChI is InChI=1S/C12H23NO4/c1-9(13-7-10(8-14)16-5)6-11(15)17-12(2,3)4/h7,9-10,14H,6,8H2,1-5H3/t9-,10?/m1/s1. The number of rotatable bonds is 6. The molecule has 0 radical (unpaired) electrons. The van der Waals surface area contributed by atoms with Gasteiger partial charge in [0.2, 0.25) is 0 Å². The Morgan fingerprint density at radius 2 is 2.06 bits per heavy atom. The van der Waals surface area contributed by atoms with Crippen LogP contribution in [0.5, 0.6) is 0 Å². The van der Waals surface area contributed by atoms with E-state index in [1.807, 2.05) is 27.7 Å². The lowest BCUT2D eigenvalue weighted by Crippen LogP contribution is -2.26. The van der Waals surface area contributed by atoms with E-state index >= 15 is 0 Å². The van der Waals surface area contributed by atoms with Crippen LogP contribution in [0.2, 0.25) is 0 Å². The molecule has 0 heterocycles. The fourth-order valence-corrected chi connectivity index (χ4v) is 1.10. The van der Waals surface area contributed by atoms with Crippen molar-refractivity contribution in [2.45, 2.75) is 51.9 Å². The largest absolute Gasteiger partial charge is 0.460 e. The molecule has 0 saturated heterocycles. The van der Waals surface area contributed by atoms with E-state index in [1.165, 1.54) is 13.3 Å². The Balaban J connectivity index is 4.09. The van der Waals surface area contributed by atoms with Gasteiger partial charge in [-0.05, 0) is 27.7 Å². The molecule has 0 aliphatic carbocycles. The Morgan fingerprint density at radius 3 is 2.47 bits per heavy atom. The summed E-state index contributed by atoms with van der Waals surface area (Å²) in [5, 5.41) is 8.87. The summed E-state index contributed by atoms with van der Waals surface area (Å²) in [6, 6.07) is -0.186. The van der Waals surface area contributed by atoms with Crippen molar-refractivity contribution in [1.29, 1.82) is 0 Å². The van der Waals surface area contributed by atoms with Crippen molar-refractivity contribution < 1.29 is 19.4 Å². The Morgan fingerprint density at radius 1 is 1.47 bits per heavy atom. The predicted molar refractivity (Wildman–Crippen MR) is 66.3 cm³/mol. The van der Waals surface area contributed by atoms with Crippen LogP contribution in [0, 0.1) is 0 Å². The number of hydrogen-bond acceptors (Lipinski definition) is 5. The summed E-state index contributed by atoms with van der Waals surface area (Å²) in [7, 11) is 1.49. The molecule has 2 atom stereocenters. The van der Waals surface area contributed by atoms with Gasteiger partial charge < -0.3 is 14.6 Å². The summed E-state index contributed by atoms with van der Waals surface area (Å²) in [5.74, 6) is -0.278. The number of aliphatic hydroxyl groups excluding tert-OH is 1. The van der Waals surface area contributed by atoms with Crippen molar-refractivity contribution in [1.82, 2.24) is 0 Å². The first kappa shape index (κ1) is 16.1. The fourth-order valence-electron chi connectivity index (χ4n) is 1.10. The molecule has 0 rings (SSSR count). The molecule has 0 aromatic rings. The predicted octanol–water partition coefficient (Wildman–Crippen LogP) is 1.18. The van der Waals surface area contributed by atoms with E-state index in [-0.39, 0.29) is 25.0 Å². The monoisotopic (exact) mass is 245 g/mol. The van der Waals surface area contributed by atoms with Gasteiger partial charge in [-0.1, -0.05) is 0 Å². The minimum atomic E-state index is -0.472. The van der Waals surface area contributed by atoms with Crippen molar-refractivity contribution in [3.8, 4) is 0 Å². The second-order valence-corrected chi connectivity index (χ2v) is 4.89. The highest BCUT2D eigenvalue weighted by Gasteiger charge is 2.17. The molecule has 1 unspecified atom stereocenters. The molecule has 0 aromatic carbocycles. The minimum absolute atomic E-state index is 0.126. The van der Waals surface area contributed by atoms with Crippen molar-refractivity contribution in [2.24, 2.45) is 4.99 Å². The number of hydrogen-bond donors (Lipinski definition) is 1. The molecule has 17 heavy (non-hydrogen) atoms. The normalized spacial score (nSPS) is 15.9. The van der Waals surface area contributed by atoms with Crippen LogP contribution in [-0.4, -0.2) is 48.8 Å². The zero-order valence-corrected chi connectivity index (χ0v) is 11.3. The van der Waals surface area contributed by atoms with Crippen molar-refractivity contribution in [2.75, 3.05) is 13.7 Å². The molecule has 100 valence electrons. The zero-order valence-electron chi connectivity index (χ0n) is 11.3. The third kappa shape index (κ3) is 8.83. The quantitative estimate of drug-likeness (QED) is 0.563. The Labute approximate surface area is 103 Å². The van der Waals surface area contributed by atoms with E-state index in [2.05, 4.69) is 4.99 Å². The minimum Gasteiger partial charge on any atom is -0.460 e. The number of aliphatic imine (C=N–C) groups is 1. The number of ether oxygens (including phenoxy) is 2. The second kappa shape index (κ2) is 7.40. The van der Waals surface area contributed by atoms with E-state index < -0.39 is 11.7 Å². The highest BCUT2D eigenvalue weighted by molar-refractivity contribution is 5.71. The summed E-state index contributed by atoms with van der Waals surface area (Å²) in [6.45, 7) is 7.16. The van der Waals surface area contributed by atoms with Gasteiger partial charge >= 0.3 is 5.97 Å². The van der Waals surface area contributed by atoms with Crippen LogP contribution in [-0.2, 0) is 14.3 Å². The van der Waals surface area contributed by atoms with Crippen LogP contribution in [0.1, 0.15) is 34.1 Å². The lowest BCUT2D eigenvalue weighted by Gasteiger charge is -2.20. The first-order chi connectivity index (χ1) is 7.78. The van der Waals surface area contributed by atoms with Gasteiger partial charge in [0, 0.05) is 13.3 Å². The smallest absolute Gasteiger partial charge is 0.308 e. The van der Waals surface area contributed by atoms with Gasteiger partial charge in [-0.25, -0.2) is 0 Å². The number of carbonyl (C=O) groups is 1. The highest BCUT2D eigenvalue weighted by Crippen LogP contribution is 2.10. The second-order valence-electron chi connectivity index (χ2n) is 4.89. The molecule has 0 aromatic heterocycles. The van der Waals surface area contributed by atoms with Gasteiger partial charge in [-0.15, -0.1) is 0 Å². The summed E-state index contributed by atoms with van der Waals surface area (Å²) in [5.41, 5.74) is -0.472. The number of methoxy groups -OCH3 is 1. The molecular formula is C12H23NO4. The summed E-state index contributed by atoms with van der Waals surface area (Å²) in [4.78, 5) is 15.6. The lowest BCUT2D eigenvalue weighted by atomic mass is 10.2. The van der Waals surface area contributed by atoms with E-state index in [0.717, 1.165) is 0 Å². The van der Waals surface area contributed by atoms with Gasteiger partial charge in [0.15, 0.2) is 0 Å². The van der Waals surface area contributed by atoms with Crippen molar-refractivity contribution in [3.63, 3.8) is 0 Å². The molecule has 0 saturated carbocycles. The van der Waals surface area contributed by atoms with Crippen molar-refractivity contribution in [3.05, 3.63) is 0 Å². The zero-order chi connectivity index (χ0) is 13.5. The molecule has 0 aliphatic heterocycles. The molecule has 5 heteroatoms. The van der Waals surface area contributed by atoms with Crippen molar-refractivity contribution >= 4 is 12.2 Å². The number of nitrogens with zero attached hydrogens (tertiary/aromatic N) is 1. The molecular weight excluding hydrogens is 222 g/mol. The van der Waals surface area contributed by atoms with E-state index in [4.69, 9.17) is 14.6 Å². The fraction of sp³-hybridized carbons (Fsp3) is 0.833. The van der Waals surface area contributed by atoms with Gasteiger partial charge in [0.1, 0.15) is 11.7 Å². The third-order valence-electron chi connectivity index (χ3n) is 1.87. The number of carbonyl (C=O) groups excluding carboxylic acids is 1. The van der Waals surface area contributed by atoms with Gasteiger partial charge in [0.25, 0.3) is 0 Å². The third-order valence-corrected chi connectivity index (χ3v) is 1.87. The van der Waals surface area contributed by atoms with Crippen LogP contribution in [0.4, 0.5) is 0 Å². The van der Waals surface area contributed by atoms with Crippen LogP contribution < -0.4 is 0 Å².